The molecular weight excluding hydrogens is 388 g/mol. The zero-order chi connectivity index (χ0) is 21.1. The molecule has 2 aromatic rings. The Bertz CT molecular complexity index is 859. The van der Waals surface area contributed by atoms with E-state index < -0.39 is 9.84 Å². The van der Waals surface area contributed by atoms with Crippen molar-refractivity contribution in [3.8, 4) is 0 Å². The van der Waals surface area contributed by atoms with Gasteiger partial charge in [-0.25, -0.2) is 13.4 Å². The molecular formula is C21H32N4O3S. The molecule has 0 aliphatic rings. The maximum atomic E-state index is 12.3. The topological polar surface area (TPSA) is 96.6 Å². The van der Waals surface area contributed by atoms with E-state index in [2.05, 4.69) is 34.6 Å². The molecule has 0 spiro atoms. The average molecular weight is 421 g/mol. The number of hydrogen-bond donors (Lipinski definition) is 2. The second-order valence-corrected chi connectivity index (χ2v) is 8.95. The number of hydrogen-bond acceptors (Lipinski definition) is 5. The predicted molar refractivity (Wildman–Crippen MR) is 116 cm³/mol. The van der Waals surface area contributed by atoms with Crippen molar-refractivity contribution in [3.05, 3.63) is 47.9 Å². The molecule has 1 aromatic heterocycles. The molecule has 2 rings (SSSR count). The van der Waals surface area contributed by atoms with Crippen LogP contribution < -0.4 is 10.6 Å². The van der Waals surface area contributed by atoms with Crippen LogP contribution in [0, 0.1) is 0 Å². The van der Waals surface area contributed by atoms with Gasteiger partial charge in [0.2, 0.25) is 0 Å². The first kappa shape index (κ1) is 22.9. The lowest BCUT2D eigenvalue weighted by Crippen LogP contribution is -2.38. The highest BCUT2D eigenvalue weighted by Crippen LogP contribution is 2.22. The molecule has 2 N–H and O–H groups in total. The van der Waals surface area contributed by atoms with Gasteiger partial charge in [-0.1, -0.05) is 37.2 Å². The van der Waals surface area contributed by atoms with Crippen molar-refractivity contribution in [2.75, 3.05) is 18.8 Å². The summed E-state index contributed by atoms with van der Waals surface area (Å²) in [7, 11) is -3.26. The molecule has 0 amide bonds. The highest BCUT2D eigenvalue weighted by atomic mass is 32.2. The van der Waals surface area contributed by atoms with Crippen LogP contribution in [0.1, 0.15) is 57.4 Å². The van der Waals surface area contributed by atoms with Crippen LogP contribution in [0.5, 0.6) is 0 Å². The number of rotatable bonds is 11. The van der Waals surface area contributed by atoms with Gasteiger partial charge in [-0.3, -0.25) is 0 Å². The highest BCUT2D eigenvalue weighted by Gasteiger charge is 2.14. The van der Waals surface area contributed by atoms with Crippen molar-refractivity contribution >= 4 is 15.8 Å². The quantitative estimate of drug-likeness (QED) is 0.328. The molecule has 1 heterocycles. The van der Waals surface area contributed by atoms with Gasteiger partial charge < -0.3 is 15.2 Å². The second-order valence-electron chi connectivity index (χ2n) is 6.84. The van der Waals surface area contributed by atoms with Gasteiger partial charge in [-0.2, -0.15) is 0 Å². The summed E-state index contributed by atoms with van der Waals surface area (Å²) in [4.78, 5) is 4.87. The summed E-state index contributed by atoms with van der Waals surface area (Å²) >= 11 is 0. The van der Waals surface area contributed by atoms with E-state index in [0.29, 0.717) is 42.8 Å². The molecule has 1 aromatic carbocycles. The summed E-state index contributed by atoms with van der Waals surface area (Å²) in [6.07, 6.45) is 2.55. The predicted octanol–water partition coefficient (Wildman–Crippen LogP) is 3.50. The molecule has 0 aliphatic carbocycles. The summed E-state index contributed by atoms with van der Waals surface area (Å²) in [5, 5.41) is 10.5. The normalized spacial score (nSPS) is 12.3. The molecule has 0 saturated carbocycles. The Hall–Kier alpha value is -2.35. The average Bonchev–Trinajstić information content (AvgIpc) is 3.19. The Labute approximate surface area is 173 Å². The summed E-state index contributed by atoms with van der Waals surface area (Å²) in [6.45, 7) is 7.87. The molecule has 7 nitrogen and oxygen atoms in total. The third-order valence-corrected chi connectivity index (χ3v) is 6.52. The second kappa shape index (κ2) is 11.6. The van der Waals surface area contributed by atoms with Gasteiger partial charge in [0, 0.05) is 25.1 Å². The van der Waals surface area contributed by atoms with E-state index in [1.807, 2.05) is 19.1 Å². The smallest absolute Gasteiger partial charge is 0.191 e. The van der Waals surface area contributed by atoms with Crippen LogP contribution in [0.15, 0.2) is 50.8 Å². The van der Waals surface area contributed by atoms with Crippen molar-refractivity contribution in [1.82, 2.24) is 15.8 Å². The van der Waals surface area contributed by atoms with Crippen LogP contribution in [0.4, 0.5) is 0 Å². The SMILES string of the molecule is CCNC(=NCc1cc(C(CC)CC)no1)NCCCS(=O)(=O)c1ccccc1. The van der Waals surface area contributed by atoms with Crippen LogP contribution in [0.3, 0.4) is 0 Å². The Balaban J connectivity index is 1.86. The number of nitrogens with zero attached hydrogens (tertiary/aromatic N) is 2. The Kier molecular flexibility index (Phi) is 9.18. The minimum Gasteiger partial charge on any atom is -0.359 e. The zero-order valence-corrected chi connectivity index (χ0v) is 18.3. The van der Waals surface area contributed by atoms with Gasteiger partial charge in [0.25, 0.3) is 0 Å². The largest absolute Gasteiger partial charge is 0.359 e. The first-order valence-corrected chi connectivity index (χ1v) is 11.9. The number of aromatic nitrogens is 1. The van der Waals surface area contributed by atoms with Crippen molar-refractivity contribution in [2.45, 2.75) is 57.4 Å². The summed E-state index contributed by atoms with van der Waals surface area (Å²) in [6, 6.07) is 10.5. The van der Waals surface area contributed by atoms with E-state index in [1.54, 1.807) is 24.3 Å². The summed E-state index contributed by atoms with van der Waals surface area (Å²) < 4.78 is 30.1. The number of nitrogens with one attached hydrogen (secondary N) is 2. The van der Waals surface area contributed by atoms with E-state index in [1.165, 1.54) is 0 Å². The molecule has 0 atom stereocenters. The highest BCUT2D eigenvalue weighted by molar-refractivity contribution is 7.91. The standard InChI is InChI=1S/C21H32N4O3S/c1-4-17(5-2)20-15-18(28-25-20)16-24-21(22-6-3)23-13-10-14-29(26,27)19-11-8-7-9-12-19/h7-9,11-12,15,17H,4-6,10,13-14,16H2,1-3H3,(H2,22,23,24). The lowest BCUT2D eigenvalue weighted by Gasteiger charge is -2.11. The monoisotopic (exact) mass is 420 g/mol. The van der Waals surface area contributed by atoms with E-state index >= 15 is 0 Å². The van der Waals surface area contributed by atoms with Crippen LogP contribution in [0.2, 0.25) is 0 Å². The van der Waals surface area contributed by atoms with Gasteiger partial charge in [0.1, 0.15) is 6.54 Å². The van der Waals surface area contributed by atoms with Crippen molar-refractivity contribution < 1.29 is 12.9 Å². The van der Waals surface area contributed by atoms with E-state index in [9.17, 15) is 8.42 Å². The van der Waals surface area contributed by atoms with Crippen LogP contribution in [-0.4, -0.2) is 38.4 Å². The van der Waals surface area contributed by atoms with Gasteiger partial charge >= 0.3 is 0 Å². The molecule has 0 fully saturated rings. The van der Waals surface area contributed by atoms with Crippen LogP contribution in [-0.2, 0) is 16.4 Å². The lowest BCUT2D eigenvalue weighted by atomic mass is 9.99. The molecule has 0 unspecified atom stereocenters. The number of sulfone groups is 1. The number of guanidine groups is 1. The van der Waals surface area contributed by atoms with E-state index in [4.69, 9.17) is 4.52 Å². The zero-order valence-electron chi connectivity index (χ0n) is 17.5. The number of benzene rings is 1. The Morgan fingerprint density at radius 2 is 1.86 bits per heavy atom. The fourth-order valence-electron chi connectivity index (χ4n) is 3.02. The minimum atomic E-state index is -3.26. The summed E-state index contributed by atoms with van der Waals surface area (Å²) in [5.41, 5.74) is 0.976. The Morgan fingerprint density at radius 3 is 2.52 bits per heavy atom. The van der Waals surface area contributed by atoms with Gasteiger partial charge in [0.05, 0.1) is 16.3 Å². The maximum absolute atomic E-state index is 12.3. The first-order valence-electron chi connectivity index (χ1n) is 10.3. The van der Waals surface area contributed by atoms with Crippen molar-refractivity contribution in [2.24, 2.45) is 4.99 Å². The molecule has 8 heteroatoms. The van der Waals surface area contributed by atoms with Crippen molar-refractivity contribution in [1.29, 1.82) is 0 Å². The van der Waals surface area contributed by atoms with Gasteiger partial charge in [-0.05, 0) is 38.3 Å². The molecule has 0 aliphatic heterocycles. The Morgan fingerprint density at radius 1 is 1.14 bits per heavy atom. The summed E-state index contributed by atoms with van der Waals surface area (Å²) in [5.74, 6) is 1.85. The van der Waals surface area contributed by atoms with Crippen LogP contribution in [0.25, 0.3) is 0 Å². The fourth-order valence-corrected chi connectivity index (χ4v) is 4.35. The van der Waals surface area contributed by atoms with E-state index in [-0.39, 0.29) is 5.75 Å². The van der Waals surface area contributed by atoms with Gasteiger partial charge in [-0.15, -0.1) is 0 Å². The fraction of sp³-hybridized carbons (Fsp3) is 0.524. The minimum absolute atomic E-state index is 0.0876. The number of aliphatic imine (C=N–C) groups is 1. The van der Waals surface area contributed by atoms with Crippen molar-refractivity contribution in [3.63, 3.8) is 0 Å². The molecule has 160 valence electrons. The molecule has 0 radical (unpaired) electrons. The third-order valence-electron chi connectivity index (χ3n) is 4.70. The van der Waals surface area contributed by atoms with Crippen LogP contribution >= 0.6 is 0 Å². The van der Waals surface area contributed by atoms with Gasteiger partial charge in [0.15, 0.2) is 21.6 Å². The first-order chi connectivity index (χ1) is 14.0. The van der Waals surface area contributed by atoms with E-state index in [0.717, 1.165) is 24.3 Å². The molecule has 0 bridgehead atoms. The molecule has 0 saturated heterocycles. The lowest BCUT2D eigenvalue weighted by molar-refractivity contribution is 0.372. The third kappa shape index (κ3) is 7.20. The molecule has 29 heavy (non-hydrogen) atoms. The maximum Gasteiger partial charge on any atom is 0.191 e.